The molecule has 0 radical (unpaired) electrons. The molecule has 0 spiro atoms. The maximum absolute atomic E-state index is 4.75. The van der Waals surface area contributed by atoms with Crippen LogP contribution in [0.5, 0.6) is 0 Å². The van der Waals surface area contributed by atoms with E-state index in [2.05, 4.69) is 48.4 Å². The number of nitrogens with one attached hydrogen (secondary N) is 2. The summed E-state index contributed by atoms with van der Waals surface area (Å²) in [5.74, 6) is 1.62. The van der Waals surface area contributed by atoms with Gasteiger partial charge < -0.3 is 10.3 Å². The van der Waals surface area contributed by atoms with E-state index >= 15 is 0 Å². The van der Waals surface area contributed by atoms with Crippen molar-refractivity contribution in [1.82, 2.24) is 15.3 Å². The molecule has 3 rings (SSSR count). The SMILES string of the molecule is CCNCc1nc2c([nH]1)CC(C)c1ccccc1-2. The number of aromatic nitrogens is 2. The number of rotatable bonds is 3. The maximum atomic E-state index is 4.75. The van der Waals surface area contributed by atoms with Crippen LogP contribution in [0, 0.1) is 0 Å². The number of fused-ring (bicyclic) bond motifs is 3. The van der Waals surface area contributed by atoms with E-state index in [1.807, 2.05) is 0 Å². The van der Waals surface area contributed by atoms with Crippen molar-refractivity contribution in [2.75, 3.05) is 6.54 Å². The third-order valence-electron chi connectivity index (χ3n) is 3.63. The Morgan fingerprint density at radius 1 is 1.39 bits per heavy atom. The van der Waals surface area contributed by atoms with Crippen molar-refractivity contribution in [3.63, 3.8) is 0 Å². The van der Waals surface area contributed by atoms with Crippen molar-refractivity contribution >= 4 is 0 Å². The molecule has 1 heterocycles. The molecular formula is C15H19N3. The number of hydrogen-bond donors (Lipinski definition) is 2. The Labute approximate surface area is 108 Å². The summed E-state index contributed by atoms with van der Waals surface area (Å²) in [6.45, 7) is 6.19. The first-order valence-corrected chi connectivity index (χ1v) is 6.67. The number of benzene rings is 1. The van der Waals surface area contributed by atoms with Crippen molar-refractivity contribution in [2.45, 2.75) is 32.7 Å². The number of nitrogens with zero attached hydrogens (tertiary/aromatic N) is 1. The standard InChI is InChI=1S/C15H19N3/c1-3-16-9-14-17-13-8-10(2)11-6-4-5-7-12(11)15(13)18-14/h4-7,10,16H,3,8-9H2,1-2H3,(H,17,18). The van der Waals surface area contributed by atoms with E-state index in [0.29, 0.717) is 5.92 Å². The summed E-state index contributed by atoms with van der Waals surface area (Å²) in [5, 5.41) is 3.32. The molecule has 0 amide bonds. The van der Waals surface area contributed by atoms with E-state index in [9.17, 15) is 0 Å². The van der Waals surface area contributed by atoms with Gasteiger partial charge in [-0.05, 0) is 24.4 Å². The zero-order valence-electron chi connectivity index (χ0n) is 11.0. The Hall–Kier alpha value is -1.61. The summed E-state index contributed by atoms with van der Waals surface area (Å²) in [6.07, 6.45) is 1.06. The van der Waals surface area contributed by atoms with E-state index in [1.54, 1.807) is 0 Å². The van der Waals surface area contributed by atoms with Gasteiger partial charge in [0.1, 0.15) is 5.82 Å². The van der Waals surface area contributed by atoms with Gasteiger partial charge in [-0.2, -0.15) is 0 Å². The highest BCUT2D eigenvalue weighted by Crippen LogP contribution is 2.37. The normalized spacial score (nSPS) is 17.3. The number of hydrogen-bond acceptors (Lipinski definition) is 2. The molecule has 1 aromatic heterocycles. The molecule has 0 fully saturated rings. The van der Waals surface area contributed by atoms with Gasteiger partial charge in [-0.1, -0.05) is 38.1 Å². The third-order valence-corrected chi connectivity index (χ3v) is 3.63. The van der Waals surface area contributed by atoms with Gasteiger partial charge in [0.25, 0.3) is 0 Å². The Kier molecular flexibility index (Phi) is 2.92. The van der Waals surface area contributed by atoms with Crippen molar-refractivity contribution in [1.29, 1.82) is 0 Å². The average Bonchev–Trinajstić information content (AvgIpc) is 2.80. The van der Waals surface area contributed by atoms with Crippen molar-refractivity contribution in [3.05, 3.63) is 41.3 Å². The third kappa shape index (κ3) is 1.85. The Morgan fingerprint density at radius 2 is 2.22 bits per heavy atom. The van der Waals surface area contributed by atoms with E-state index in [0.717, 1.165) is 31.0 Å². The molecule has 0 aliphatic heterocycles. The Balaban J connectivity index is 2.02. The van der Waals surface area contributed by atoms with Crippen LogP contribution in [0.3, 0.4) is 0 Å². The Morgan fingerprint density at radius 3 is 3.06 bits per heavy atom. The topological polar surface area (TPSA) is 40.7 Å². The average molecular weight is 241 g/mol. The van der Waals surface area contributed by atoms with Gasteiger partial charge in [0.05, 0.1) is 12.2 Å². The minimum atomic E-state index is 0.570. The molecule has 3 heteroatoms. The fraction of sp³-hybridized carbons (Fsp3) is 0.400. The van der Waals surface area contributed by atoms with Crippen LogP contribution in [0.1, 0.15) is 36.8 Å². The number of aromatic amines is 1. The molecule has 2 N–H and O–H groups in total. The molecule has 0 bridgehead atoms. The van der Waals surface area contributed by atoms with Crippen LogP contribution in [-0.4, -0.2) is 16.5 Å². The summed E-state index contributed by atoms with van der Waals surface area (Å²) in [7, 11) is 0. The van der Waals surface area contributed by atoms with Crippen LogP contribution in [0.15, 0.2) is 24.3 Å². The summed E-state index contributed by atoms with van der Waals surface area (Å²) in [6, 6.07) is 8.62. The highest BCUT2D eigenvalue weighted by molar-refractivity contribution is 5.69. The molecular weight excluding hydrogens is 222 g/mol. The van der Waals surface area contributed by atoms with E-state index < -0.39 is 0 Å². The smallest absolute Gasteiger partial charge is 0.121 e. The monoisotopic (exact) mass is 241 g/mol. The second kappa shape index (κ2) is 4.58. The zero-order valence-corrected chi connectivity index (χ0v) is 11.0. The summed E-state index contributed by atoms with van der Waals surface area (Å²) in [5.41, 5.74) is 5.16. The van der Waals surface area contributed by atoms with Gasteiger partial charge in [-0.3, -0.25) is 0 Å². The molecule has 2 aromatic rings. The second-order valence-corrected chi connectivity index (χ2v) is 4.98. The molecule has 1 aliphatic carbocycles. The predicted molar refractivity (Wildman–Crippen MR) is 73.5 cm³/mol. The summed E-state index contributed by atoms with van der Waals surface area (Å²) < 4.78 is 0. The molecule has 1 unspecified atom stereocenters. The molecule has 18 heavy (non-hydrogen) atoms. The maximum Gasteiger partial charge on any atom is 0.121 e. The van der Waals surface area contributed by atoms with Gasteiger partial charge in [0, 0.05) is 11.3 Å². The predicted octanol–water partition coefficient (Wildman–Crippen LogP) is 2.85. The van der Waals surface area contributed by atoms with Gasteiger partial charge in [0.15, 0.2) is 0 Å². The van der Waals surface area contributed by atoms with E-state index in [4.69, 9.17) is 4.98 Å². The molecule has 0 saturated heterocycles. The van der Waals surface area contributed by atoms with Crippen LogP contribution in [-0.2, 0) is 13.0 Å². The molecule has 0 saturated carbocycles. The molecule has 1 aromatic carbocycles. The van der Waals surface area contributed by atoms with Crippen LogP contribution in [0.4, 0.5) is 0 Å². The minimum absolute atomic E-state index is 0.570. The van der Waals surface area contributed by atoms with Gasteiger partial charge in [-0.25, -0.2) is 4.98 Å². The Bertz CT molecular complexity index is 557. The molecule has 94 valence electrons. The summed E-state index contributed by atoms with van der Waals surface area (Å²) in [4.78, 5) is 8.21. The zero-order chi connectivity index (χ0) is 12.5. The molecule has 1 aliphatic rings. The lowest BCUT2D eigenvalue weighted by molar-refractivity contribution is 0.691. The largest absolute Gasteiger partial charge is 0.344 e. The van der Waals surface area contributed by atoms with Gasteiger partial charge in [0.2, 0.25) is 0 Å². The first kappa shape index (κ1) is 11.5. The highest BCUT2D eigenvalue weighted by Gasteiger charge is 2.24. The van der Waals surface area contributed by atoms with Crippen LogP contribution < -0.4 is 5.32 Å². The highest BCUT2D eigenvalue weighted by atomic mass is 15.0. The minimum Gasteiger partial charge on any atom is -0.344 e. The first-order chi connectivity index (χ1) is 8.79. The lowest BCUT2D eigenvalue weighted by atomic mass is 9.85. The van der Waals surface area contributed by atoms with Crippen molar-refractivity contribution in [3.8, 4) is 11.3 Å². The van der Waals surface area contributed by atoms with Gasteiger partial charge in [-0.15, -0.1) is 0 Å². The quantitative estimate of drug-likeness (QED) is 0.867. The lowest BCUT2D eigenvalue weighted by Gasteiger charge is -2.21. The van der Waals surface area contributed by atoms with Crippen LogP contribution in [0.25, 0.3) is 11.3 Å². The van der Waals surface area contributed by atoms with Gasteiger partial charge >= 0.3 is 0 Å². The fourth-order valence-corrected chi connectivity index (χ4v) is 2.72. The van der Waals surface area contributed by atoms with Crippen LogP contribution in [0.2, 0.25) is 0 Å². The first-order valence-electron chi connectivity index (χ1n) is 6.67. The number of H-pyrrole nitrogens is 1. The van der Waals surface area contributed by atoms with E-state index in [-0.39, 0.29) is 0 Å². The number of imidazole rings is 1. The van der Waals surface area contributed by atoms with Crippen LogP contribution >= 0.6 is 0 Å². The lowest BCUT2D eigenvalue weighted by Crippen LogP contribution is -2.12. The van der Waals surface area contributed by atoms with Crippen molar-refractivity contribution < 1.29 is 0 Å². The van der Waals surface area contributed by atoms with Crippen molar-refractivity contribution in [2.24, 2.45) is 0 Å². The second-order valence-electron chi connectivity index (χ2n) is 4.98. The molecule has 1 atom stereocenters. The molecule has 3 nitrogen and oxygen atoms in total. The fourth-order valence-electron chi connectivity index (χ4n) is 2.72. The summed E-state index contributed by atoms with van der Waals surface area (Å²) >= 11 is 0. The van der Waals surface area contributed by atoms with E-state index in [1.165, 1.54) is 16.8 Å².